The molecule has 1 aliphatic rings. The van der Waals surface area contributed by atoms with Crippen molar-refractivity contribution in [1.82, 2.24) is 15.0 Å². The Morgan fingerprint density at radius 3 is 2.87 bits per heavy atom. The Labute approximate surface area is 135 Å². The molecule has 1 aromatic carbocycles. The van der Waals surface area contributed by atoms with Crippen molar-refractivity contribution in [2.24, 2.45) is 0 Å². The van der Waals surface area contributed by atoms with Gasteiger partial charge in [0.05, 0.1) is 18.7 Å². The van der Waals surface area contributed by atoms with E-state index in [1.54, 1.807) is 7.11 Å². The number of aromatic nitrogens is 2. The van der Waals surface area contributed by atoms with Crippen molar-refractivity contribution >= 4 is 0 Å². The summed E-state index contributed by atoms with van der Waals surface area (Å²) in [7, 11) is 1.64. The summed E-state index contributed by atoms with van der Waals surface area (Å²) in [5, 5.41) is 12.8. The predicted octanol–water partition coefficient (Wildman–Crippen LogP) is 2.84. The maximum absolute atomic E-state index is 8.66. The molecule has 1 aliphatic heterocycles. The number of ether oxygens (including phenoxy) is 1. The molecular weight excluding hydrogens is 292 g/mol. The molecule has 0 radical (unpaired) electrons. The van der Waals surface area contributed by atoms with Crippen molar-refractivity contribution in [2.45, 2.75) is 25.2 Å². The lowest BCUT2D eigenvalue weighted by Crippen LogP contribution is -2.33. The van der Waals surface area contributed by atoms with Crippen LogP contribution < -0.4 is 4.74 Å². The van der Waals surface area contributed by atoms with Crippen molar-refractivity contribution in [3.63, 3.8) is 0 Å². The third-order valence-electron chi connectivity index (χ3n) is 4.27. The number of hydrogen-bond acceptors (Lipinski definition) is 6. The zero-order valence-electron chi connectivity index (χ0n) is 13.2. The Hall–Kier alpha value is -2.39. The van der Waals surface area contributed by atoms with Gasteiger partial charge in [-0.25, -0.2) is 0 Å². The van der Waals surface area contributed by atoms with Crippen LogP contribution in [0.1, 0.15) is 31.1 Å². The zero-order valence-corrected chi connectivity index (χ0v) is 13.2. The maximum Gasteiger partial charge on any atom is 0.230 e. The van der Waals surface area contributed by atoms with E-state index in [4.69, 9.17) is 14.5 Å². The number of methoxy groups -OCH3 is 1. The number of nitrogens with zero attached hydrogens (tertiary/aromatic N) is 4. The third-order valence-corrected chi connectivity index (χ3v) is 4.27. The number of para-hydroxylation sites is 1. The number of hydrogen-bond donors (Lipinski definition) is 0. The van der Waals surface area contributed by atoms with Crippen LogP contribution >= 0.6 is 0 Å². The molecular formula is C17H20N4O2. The number of benzene rings is 1. The van der Waals surface area contributed by atoms with Crippen molar-refractivity contribution in [3.8, 4) is 23.2 Å². The van der Waals surface area contributed by atoms with Crippen molar-refractivity contribution < 1.29 is 9.26 Å². The van der Waals surface area contributed by atoms with Crippen LogP contribution in [0.3, 0.4) is 0 Å². The highest BCUT2D eigenvalue weighted by Gasteiger charge is 2.25. The fourth-order valence-electron chi connectivity index (χ4n) is 2.95. The second kappa shape index (κ2) is 7.25. The van der Waals surface area contributed by atoms with E-state index in [-0.39, 0.29) is 0 Å². The fraction of sp³-hybridized carbons (Fsp3) is 0.471. The lowest BCUT2D eigenvalue weighted by atomic mass is 9.96. The molecule has 0 atom stereocenters. The van der Waals surface area contributed by atoms with Crippen molar-refractivity contribution in [3.05, 3.63) is 30.2 Å². The van der Waals surface area contributed by atoms with Gasteiger partial charge >= 0.3 is 0 Å². The van der Waals surface area contributed by atoms with Gasteiger partial charge in [-0.05, 0) is 38.1 Å². The van der Waals surface area contributed by atoms with Crippen LogP contribution in [0.2, 0.25) is 0 Å². The monoisotopic (exact) mass is 312 g/mol. The second-order valence-electron chi connectivity index (χ2n) is 5.68. The first-order valence-electron chi connectivity index (χ1n) is 7.88. The third kappa shape index (κ3) is 3.51. The largest absolute Gasteiger partial charge is 0.496 e. The lowest BCUT2D eigenvalue weighted by Gasteiger charge is -2.29. The van der Waals surface area contributed by atoms with Gasteiger partial charge in [0, 0.05) is 18.9 Å². The lowest BCUT2D eigenvalue weighted by molar-refractivity contribution is 0.197. The summed E-state index contributed by atoms with van der Waals surface area (Å²) >= 11 is 0. The molecule has 0 amide bonds. The van der Waals surface area contributed by atoms with E-state index in [0.29, 0.717) is 24.1 Å². The Bertz CT molecular complexity index is 684. The summed E-state index contributed by atoms with van der Waals surface area (Å²) in [5.74, 6) is 2.31. The average molecular weight is 312 g/mol. The van der Waals surface area contributed by atoms with E-state index in [2.05, 4.69) is 21.1 Å². The maximum atomic E-state index is 8.66. The van der Waals surface area contributed by atoms with Gasteiger partial charge < -0.3 is 14.2 Å². The molecule has 0 bridgehead atoms. The smallest absolute Gasteiger partial charge is 0.230 e. The van der Waals surface area contributed by atoms with Crippen molar-refractivity contribution in [2.75, 3.05) is 26.7 Å². The Morgan fingerprint density at radius 2 is 2.13 bits per heavy atom. The Balaban J connectivity index is 1.68. The van der Waals surface area contributed by atoms with Crippen LogP contribution in [-0.2, 0) is 0 Å². The van der Waals surface area contributed by atoms with E-state index in [9.17, 15) is 0 Å². The molecule has 1 saturated heterocycles. The highest BCUT2D eigenvalue weighted by molar-refractivity contribution is 5.63. The number of nitriles is 1. The Kier molecular flexibility index (Phi) is 4.89. The molecule has 0 N–H and O–H groups in total. The van der Waals surface area contributed by atoms with Gasteiger partial charge in [-0.2, -0.15) is 10.2 Å². The standard InChI is InChI=1S/C17H20N4O2/c1-22-15-6-3-2-5-14(15)16-19-17(23-20-16)13-7-11-21(12-8-13)10-4-9-18/h2-3,5-6,13H,4,7-8,10-12H2,1H3. The minimum atomic E-state index is 0.296. The second-order valence-corrected chi connectivity index (χ2v) is 5.68. The molecule has 6 heteroatoms. The van der Waals surface area contributed by atoms with Crippen LogP contribution in [0.15, 0.2) is 28.8 Å². The average Bonchev–Trinajstić information content (AvgIpc) is 3.10. The number of likely N-dealkylation sites (tertiary alicyclic amines) is 1. The molecule has 1 aromatic heterocycles. The molecule has 1 fully saturated rings. The molecule has 2 heterocycles. The quantitative estimate of drug-likeness (QED) is 0.845. The first-order chi connectivity index (χ1) is 11.3. The van der Waals surface area contributed by atoms with Crippen LogP contribution in [0, 0.1) is 11.3 Å². The van der Waals surface area contributed by atoms with Crippen LogP contribution in [0.5, 0.6) is 5.75 Å². The molecule has 0 aliphatic carbocycles. The SMILES string of the molecule is COc1ccccc1-c1noc(C2CCN(CCC#N)CC2)n1. The molecule has 120 valence electrons. The van der Waals surface area contributed by atoms with Crippen LogP contribution in [-0.4, -0.2) is 41.8 Å². The van der Waals surface area contributed by atoms with Gasteiger partial charge in [-0.15, -0.1) is 0 Å². The minimum absolute atomic E-state index is 0.296. The zero-order chi connectivity index (χ0) is 16.1. The summed E-state index contributed by atoms with van der Waals surface area (Å²) in [6, 6.07) is 9.86. The van der Waals surface area contributed by atoms with Gasteiger partial charge in [-0.3, -0.25) is 0 Å². The van der Waals surface area contributed by atoms with Gasteiger partial charge in [0.2, 0.25) is 11.7 Å². The summed E-state index contributed by atoms with van der Waals surface area (Å²) < 4.78 is 10.8. The summed E-state index contributed by atoms with van der Waals surface area (Å²) in [6.07, 6.45) is 2.56. The molecule has 3 rings (SSSR count). The number of piperidine rings is 1. The highest BCUT2D eigenvalue weighted by Crippen LogP contribution is 2.31. The number of rotatable bonds is 5. The van der Waals surface area contributed by atoms with E-state index in [1.165, 1.54) is 0 Å². The van der Waals surface area contributed by atoms with Gasteiger partial charge in [-0.1, -0.05) is 17.3 Å². The van der Waals surface area contributed by atoms with Crippen molar-refractivity contribution in [1.29, 1.82) is 5.26 Å². The van der Waals surface area contributed by atoms with Gasteiger partial charge in [0.15, 0.2) is 0 Å². The molecule has 6 nitrogen and oxygen atoms in total. The summed E-state index contributed by atoms with van der Waals surface area (Å²) in [6.45, 7) is 2.79. The van der Waals surface area contributed by atoms with Gasteiger partial charge in [0.25, 0.3) is 0 Å². The van der Waals surface area contributed by atoms with Crippen LogP contribution in [0.4, 0.5) is 0 Å². The van der Waals surface area contributed by atoms with Crippen LogP contribution in [0.25, 0.3) is 11.4 Å². The predicted molar refractivity (Wildman–Crippen MR) is 84.9 cm³/mol. The molecule has 0 unspecified atom stereocenters. The fourth-order valence-corrected chi connectivity index (χ4v) is 2.95. The van der Waals surface area contributed by atoms with E-state index in [1.807, 2.05) is 24.3 Å². The van der Waals surface area contributed by atoms with E-state index >= 15 is 0 Å². The summed E-state index contributed by atoms with van der Waals surface area (Å²) in [4.78, 5) is 6.89. The molecule has 2 aromatic rings. The van der Waals surface area contributed by atoms with Gasteiger partial charge in [0.1, 0.15) is 5.75 Å². The first kappa shape index (κ1) is 15.5. The normalized spacial score (nSPS) is 16.2. The highest BCUT2D eigenvalue weighted by atomic mass is 16.5. The molecule has 0 spiro atoms. The topological polar surface area (TPSA) is 75.2 Å². The summed E-state index contributed by atoms with van der Waals surface area (Å²) in [5.41, 5.74) is 0.844. The first-order valence-corrected chi connectivity index (χ1v) is 7.88. The van der Waals surface area contributed by atoms with E-state index in [0.717, 1.165) is 43.8 Å². The molecule has 23 heavy (non-hydrogen) atoms. The molecule has 0 saturated carbocycles. The Morgan fingerprint density at radius 1 is 1.35 bits per heavy atom. The minimum Gasteiger partial charge on any atom is -0.496 e. The van der Waals surface area contributed by atoms with E-state index < -0.39 is 0 Å².